The van der Waals surface area contributed by atoms with Crippen LogP contribution in [-0.2, 0) is 27.2 Å². The van der Waals surface area contributed by atoms with E-state index in [1.165, 1.54) is 6.07 Å². The number of carbonyl (C=O) groups excluding carboxylic acids is 2. The van der Waals surface area contributed by atoms with Gasteiger partial charge in [0, 0.05) is 18.7 Å². The smallest absolute Gasteiger partial charge is 0.491 e. The van der Waals surface area contributed by atoms with Crippen LogP contribution in [0.15, 0.2) is 48.5 Å². The lowest BCUT2D eigenvalue weighted by Gasteiger charge is -2.08. The molecule has 0 aliphatic rings. The van der Waals surface area contributed by atoms with Crippen LogP contribution in [0.25, 0.3) is 0 Å². The van der Waals surface area contributed by atoms with Crippen LogP contribution >= 0.6 is 0 Å². The van der Waals surface area contributed by atoms with Crippen LogP contribution in [0.3, 0.4) is 0 Å². The zero-order valence-corrected chi connectivity index (χ0v) is 18.3. The Labute approximate surface area is 194 Å². The van der Waals surface area contributed by atoms with Gasteiger partial charge in [0.25, 0.3) is 5.69 Å². The zero-order chi connectivity index (χ0) is 25.0. The van der Waals surface area contributed by atoms with Crippen molar-refractivity contribution in [2.45, 2.75) is 38.3 Å². The molecule has 0 spiro atoms. The molecule has 2 aromatic carbocycles. The van der Waals surface area contributed by atoms with Crippen molar-refractivity contribution in [3.05, 3.63) is 69.8 Å². The van der Waals surface area contributed by atoms with Gasteiger partial charge in [0.2, 0.25) is 0 Å². The van der Waals surface area contributed by atoms with Crippen molar-refractivity contribution in [3.8, 4) is 5.75 Å². The van der Waals surface area contributed by atoms with E-state index in [0.717, 1.165) is 24.0 Å². The number of hydrogen-bond acceptors (Lipinski definition) is 7. The van der Waals surface area contributed by atoms with Gasteiger partial charge in [-0.05, 0) is 55.5 Å². The standard InChI is InChI=1S/C23H25F3N2O6/c24-23(25,26)22(30)34-21(29)12-14-27-13-2-5-17-8-10-20(11-9-17)33-15-3-6-18-4-1-7-19(16-18)28(31)32/h1,4,7-11,16,27H,2-3,5-6,12-15H2. The summed E-state index contributed by atoms with van der Waals surface area (Å²) in [5.41, 5.74) is 2.03. The Balaban J connectivity index is 1.57. The molecule has 2 rings (SSSR count). The summed E-state index contributed by atoms with van der Waals surface area (Å²) in [6, 6.07) is 14.1. The molecule has 0 aromatic heterocycles. The number of benzene rings is 2. The first-order valence-electron chi connectivity index (χ1n) is 10.6. The topological polar surface area (TPSA) is 108 Å². The summed E-state index contributed by atoms with van der Waals surface area (Å²) in [5, 5.41) is 13.7. The van der Waals surface area contributed by atoms with E-state index in [0.29, 0.717) is 31.7 Å². The number of nitro groups is 1. The quantitative estimate of drug-likeness (QED) is 0.150. The van der Waals surface area contributed by atoms with E-state index in [2.05, 4.69) is 10.1 Å². The molecule has 0 saturated carbocycles. The largest absolute Gasteiger partial charge is 0.494 e. The average Bonchev–Trinajstić information content (AvgIpc) is 2.79. The van der Waals surface area contributed by atoms with Gasteiger partial charge in [0.05, 0.1) is 18.0 Å². The van der Waals surface area contributed by atoms with Crippen molar-refractivity contribution >= 4 is 17.6 Å². The molecular formula is C23H25F3N2O6. The van der Waals surface area contributed by atoms with E-state index in [-0.39, 0.29) is 18.7 Å². The second-order valence-corrected chi connectivity index (χ2v) is 7.39. The van der Waals surface area contributed by atoms with Gasteiger partial charge < -0.3 is 14.8 Å². The SMILES string of the molecule is O=C(CCNCCCc1ccc(OCCCc2cccc([N+](=O)[O-])c2)cc1)OC(=O)C(F)(F)F. The van der Waals surface area contributed by atoms with Crippen molar-refractivity contribution in [3.63, 3.8) is 0 Å². The van der Waals surface area contributed by atoms with Crippen LogP contribution in [0.2, 0.25) is 0 Å². The molecule has 0 bridgehead atoms. The molecule has 0 aliphatic carbocycles. The Kier molecular flexibility index (Phi) is 10.5. The fraction of sp³-hybridized carbons (Fsp3) is 0.391. The molecule has 2 aromatic rings. The molecule has 184 valence electrons. The molecule has 0 amide bonds. The molecule has 0 radical (unpaired) electrons. The zero-order valence-electron chi connectivity index (χ0n) is 18.3. The van der Waals surface area contributed by atoms with Gasteiger partial charge in [-0.25, -0.2) is 4.79 Å². The summed E-state index contributed by atoms with van der Waals surface area (Å²) >= 11 is 0. The third-order valence-electron chi connectivity index (χ3n) is 4.69. The van der Waals surface area contributed by atoms with Gasteiger partial charge in [-0.1, -0.05) is 24.3 Å². The van der Waals surface area contributed by atoms with Crippen molar-refractivity contribution in [1.29, 1.82) is 0 Å². The Hall–Kier alpha value is -3.47. The maximum atomic E-state index is 12.0. The minimum Gasteiger partial charge on any atom is -0.494 e. The van der Waals surface area contributed by atoms with Gasteiger partial charge in [0.15, 0.2) is 0 Å². The third kappa shape index (κ3) is 9.99. The summed E-state index contributed by atoms with van der Waals surface area (Å²) < 4.78 is 45.4. The fourth-order valence-corrected chi connectivity index (χ4v) is 2.99. The third-order valence-corrected chi connectivity index (χ3v) is 4.69. The summed E-state index contributed by atoms with van der Waals surface area (Å²) in [7, 11) is 0. The molecule has 0 aliphatic heterocycles. The maximum absolute atomic E-state index is 12.0. The number of nitrogens with zero attached hydrogens (tertiary/aromatic N) is 1. The van der Waals surface area contributed by atoms with E-state index in [9.17, 15) is 32.9 Å². The van der Waals surface area contributed by atoms with E-state index in [1.54, 1.807) is 12.1 Å². The number of carbonyl (C=O) groups is 2. The van der Waals surface area contributed by atoms with Gasteiger partial charge >= 0.3 is 18.1 Å². The summed E-state index contributed by atoms with van der Waals surface area (Å²) in [6.07, 6.45) is -2.65. The Morgan fingerprint density at radius 2 is 1.68 bits per heavy atom. The van der Waals surface area contributed by atoms with Gasteiger partial charge in [-0.3, -0.25) is 14.9 Å². The highest BCUT2D eigenvalue weighted by molar-refractivity contribution is 5.88. The van der Waals surface area contributed by atoms with E-state index >= 15 is 0 Å². The predicted octanol–water partition coefficient (Wildman–Crippen LogP) is 4.15. The predicted molar refractivity (Wildman–Crippen MR) is 116 cm³/mol. The van der Waals surface area contributed by atoms with Crippen LogP contribution in [0, 0.1) is 10.1 Å². The highest BCUT2D eigenvalue weighted by atomic mass is 19.4. The maximum Gasteiger partial charge on any atom is 0.491 e. The highest BCUT2D eigenvalue weighted by Gasteiger charge is 2.42. The number of halogens is 3. The number of non-ortho nitro benzene ring substituents is 1. The fourth-order valence-electron chi connectivity index (χ4n) is 2.99. The van der Waals surface area contributed by atoms with Crippen molar-refractivity contribution in [2.75, 3.05) is 19.7 Å². The van der Waals surface area contributed by atoms with Crippen molar-refractivity contribution in [2.24, 2.45) is 0 Å². The lowest BCUT2D eigenvalue weighted by molar-refractivity contribution is -0.384. The van der Waals surface area contributed by atoms with Crippen LogP contribution < -0.4 is 10.1 Å². The Bertz CT molecular complexity index is 964. The van der Waals surface area contributed by atoms with E-state index < -0.39 is 23.0 Å². The van der Waals surface area contributed by atoms with E-state index in [4.69, 9.17) is 4.74 Å². The molecule has 0 atom stereocenters. The normalized spacial score (nSPS) is 11.1. The number of hydrogen-bond donors (Lipinski definition) is 1. The molecule has 0 saturated heterocycles. The lowest BCUT2D eigenvalue weighted by atomic mass is 10.1. The summed E-state index contributed by atoms with van der Waals surface area (Å²) in [6.45, 7) is 1.12. The Morgan fingerprint density at radius 1 is 0.971 bits per heavy atom. The molecule has 8 nitrogen and oxygen atoms in total. The second kappa shape index (κ2) is 13.3. The number of nitro benzene ring substituents is 1. The molecular weight excluding hydrogens is 457 g/mol. The minimum absolute atomic E-state index is 0.0733. The first kappa shape index (κ1) is 26.8. The van der Waals surface area contributed by atoms with Crippen LogP contribution in [0.1, 0.15) is 30.4 Å². The number of esters is 2. The molecule has 0 heterocycles. The van der Waals surface area contributed by atoms with Crippen LogP contribution in [-0.4, -0.2) is 42.7 Å². The average molecular weight is 482 g/mol. The van der Waals surface area contributed by atoms with Crippen LogP contribution in [0.5, 0.6) is 5.75 Å². The highest BCUT2D eigenvalue weighted by Crippen LogP contribution is 2.17. The molecule has 0 unspecified atom stereocenters. The second-order valence-electron chi connectivity index (χ2n) is 7.39. The summed E-state index contributed by atoms with van der Waals surface area (Å²) in [5.74, 6) is -3.02. The number of aryl methyl sites for hydroxylation is 2. The first-order valence-corrected chi connectivity index (χ1v) is 10.6. The van der Waals surface area contributed by atoms with Crippen molar-refractivity contribution in [1.82, 2.24) is 5.32 Å². The number of nitrogens with one attached hydrogen (secondary N) is 1. The van der Waals surface area contributed by atoms with Gasteiger partial charge in [-0.15, -0.1) is 0 Å². The number of rotatable bonds is 13. The molecule has 0 fully saturated rings. The number of alkyl halides is 3. The Morgan fingerprint density at radius 3 is 2.35 bits per heavy atom. The lowest BCUT2D eigenvalue weighted by Crippen LogP contribution is -2.29. The summed E-state index contributed by atoms with van der Waals surface area (Å²) in [4.78, 5) is 32.1. The molecule has 1 N–H and O–H groups in total. The molecule has 34 heavy (non-hydrogen) atoms. The molecule has 11 heteroatoms. The first-order chi connectivity index (χ1) is 16.1. The van der Waals surface area contributed by atoms with Crippen LogP contribution in [0.4, 0.5) is 18.9 Å². The van der Waals surface area contributed by atoms with Crippen molar-refractivity contribution < 1.29 is 37.2 Å². The van der Waals surface area contributed by atoms with Gasteiger partial charge in [-0.2, -0.15) is 13.2 Å². The van der Waals surface area contributed by atoms with E-state index in [1.807, 2.05) is 30.3 Å². The monoisotopic (exact) mass is 482 g/mol. The van der Waals surface area contributed by atoms with Gasteiger partial charge in [0.1, 0.15) is 5.75 Å². The minimum atomic E-state index is -5.18. The number of ether oxygens (including phenoxy) is 2.